The van der Waals surface area contributed by atoms with Gasteiger partial charge in [0.2, 0.25) is 0 Å². The van der Waals surface area contributed by atoms with E-state index >= 15 is 0 Å². The highest BCUT2D eigenvalue weighted by atomic mass is 16.3. The molecule has 0 atom stereocenters. The zero-order chi connectivity index (χ0) is 19.5. The Kier molecular flexibility index (Phi) is 5.21. The fourth-order valence-corrected chi connectivity index (χ4v) is 3.52. The van der Waals surface area contributed by atoms with Crippen LogP contribution in [0.1, 0.15) is 21.8 Å². The van der Waals surface area contributed by atoms with Gasteiger partial charge in [0.15, 0.2) is 11.2 Å². The number of aromatic nitrogens is 1. The summed E-state index contributed by atoms with van der Waals surface area (Å²) in [6.45, 7) is 5.69. The molecule has 1 aliphatic rings. The van der Waals surface area contributed by atoms with Gasteiger partial charge in [-0.2, -0.15) is 0 Å². The summed E-state index contributed by atoms with van der Waals surface area (Å²) in [5, 5.41) is 0.510. The number of fused-ring (bicyclic) bond motifs is 1. The van der Waals surface area contributed by atoms with Crippen LogP contribution in [0, 0.1) is 6.92 Å². The molecule has 0 radical (unpaired) electrons. The van der Waals surface area contributed by atoms with Gasteiger partial charge in [-0.15, -0.1) is 0 Å². The maximum atomic E-state index is 12.8. The third-order valence-corrected chi connectivity index (χ3v) is 5.16. The van der Waals surface area contributed by atoms with Crippen LogP contribution in [-0.4, -0.2) is 53.4 Å². The molecule has 0 N–H and O–H groups in total. The summed E-state index contributed by atoms with van der Waals surface area (Å²) in [6.07, 6.45) is 2.71. The molecule has 6 heteroatoms. The number of benzene rings is 1. The van der Waals surface area contributed by atoms with E-state index in [2.05, 4.69) is 9.88 Å². The van der Waals surface area contributed by atoms with Gasteiger partial charge in [0.1, 0.15) is 5.58 Å². The number of rotatable bonds is 4. The molecule has 0 bridgehead atoms. The van der Waals surface area contributed by atoms with Gasteiger partial charge in [-0.05, 0) is 31.2 Å². The van der Waals surface area contributed by atoms with E-state index in [0.717, 1.165) is 37.3 Å². The van der Waals surface area contributed by atoms with Crippen LogP contribution in [0.5, 0.6) is 0 Å². The summed E-state index contributed by atoms with van der Waals surface area (Å²) in [7, 11) is 0. The minimum Gasteiger partial charge on any atom is -0.451 e. The van der Waals surface area contributed by atoms with E-state index in [0.29, 0.717) is 24.1 Å². The second kappa shape index (κ2) is 7.94. The summed E-state index contributed by atoms with van der Waals surface area (Å²) < 4.78 is 5.73. The molecule has 0 spiro atoms. The van der Waals surface area contributed by atoms with Crippen LogP contribution in [0.4, 0.5) is 0 Å². The number of piperazine rings is 1. The van der Waals surface area contributed by atoms with Crippen molar-refractivity contribution in [2.75, 3.05) is 32.7 Å². The van der Waals surface area contributed by atoms with Gasteiger partial charge in [-0.1, -0.05) is 17.7 Å². The Morgan fingerprint density at radius 3 is 2.68 bits per heavy atom. The maximum Gasteiger partial charge on any atom is 0.289 e. The van der Waals surface area contributed by atoms with E-state index in [1.807, 2.05) is 37.4 Å². The molecule has 1 aliphatic heterocycles. The minimum absolute atomic E-state index is 0.114. The molecule has 3 heterocycles. The molecule has 1 fully saturated rings. The van der Waals surface area contributed by atoms with Crippen molar-refractivity contribution in [3.63, 3.8) is 0 Å². The largest absolute Gasteiger partial charge is 0.451 e. The number of nitrogens with zero attached hydrogens (tertiary/aromatic N) is 3. The molecule has 0 unspecified atom stereocenters. The van der Waals surface area contributed by atoms with Crippen LogP contribution < -0.4 is 5.43 Å². The molecule has 0 aliphatic carbocycles. The van der Waals surface area contributed by atoms with Crippen LogP contribution in [0.3, 0.4) is 0 Å². The third kappa shape index (κ3) is 3.97. The quantitative estimate of drug-likeness (QED) is 0.699. The first-order valence-corrected chi connectivity index (χ1v) is 9.56. The smallest absolute Gasteiger partial charge is 0.289 e. The molecule has 144 valence electrons. The first-order valence-electron chi connectivity index (χ1n) is 9.56. The molecule has 0 saturated carbocycles. The van der Waals surface area contributed by atoms with Crippen molar-refractivity contribution < 1.29 is 9.21 Å². The van der Waals surface area contributed by atoms with Crippen molar-refractivity contribution in [1.82, 2.24) is 14.8 Å². The lowest BCUT2D eigenvalue weighted by molar-refractivity contribution is 0.0608. The SMILES string of the molecule is Cc1ccc2oc(C(=O)N3CCN(CCc4ccccn4)CC3)cc(=O)c2c1. The molecule has 2 aromatic heterocycles. The minimum atomic E-state index is -0.219. The van der Waals surface area contributed by atoms with Crippen LogP contribution in [0.15, 0.2) is 57.9 Å². The van der Waals surface area contributed by atoms with E-state index < -0.39 is 0 Å². The Balaban J connectivity index is 1.39. The molecular formula is C22H23N3O3. The van der Waals surface area contributed by atoms with Gasteiger partial charge in [0.25, 0.3) is 5.91 Å². The van der Waals surface area contributed by atoms with Crippen LogP contribution in [0.25, 0.3) is 11.0 Å². The Morgan fingerprint density at radius 2 is 1.93 bits per heavy atom. The van der Waals surface area contributed by atoms with E-state index in [9.17, 15) is 9.59 Å². The van der Waals surface area contributed by atoms with Crippen molar-refractivity contribution in [1.29, 1.82) is 0 Å². The van der Waals surface area contributed by atoms with E-state index in [4.69, 9.17) is 4.42 Å². The lowest BCUT2D eigenvalue weighted by atomic mass is 10.1. The topological polar surface area (TPSA) is 66.7 Å². The monoisotopic (exact) mass is 377 g/mol. The highest BCUT2D eigenvalue weighted by Crippen LogP contribution is 2.16. The molecule has 4 rings (SSSR count). The Morgan fingerprint density at radius 1 is 1.11 bits per heavy atom. The average Bonchev–Trinajstić information content (AvgIpc) is 2.73. The Bertz CT molecular complexity index is 1040. The zero-order valence-electron chi connectivity index (χ0n) is 15.9. The fourth-order valence-electron chi connectivity index (χ4n) is 3.52. The van der Waals surface area contributed by atoms with Crippen molar-refractivity contribution in [2.24, 2.45) is 0 Å². The summed E-state index contributed by atoms with van der Waals surface area (Å²) in [4.78, 5) is 33.6. The summed E-state index contributed by atoms with van der Waals surface area (Å²) in [6, 6.07) is 12.7. The van der Waals surface area contributed by atoms with Gasteiger partial charge in [-0.3, -0.25) is 19.5 Å². The van der Waals surface area contributed by atoms with Gasteiger partial charge < -0.3 is 9.32 Å². The van der Waals surface area contributed by atoms with E-state index in [-0.39, 0.29) is 17.1 Å². The molecule has 1 saturated heterocycles. The molecule has 1 aromatic carbocycles. The van der Waals surface area contributed by atoms with Gasteiger partial charge >= 0.3 is 0 Å². The van der Waals surface area contributed by atoms with Crippen molar-refractivity contribution in [3.05, 3.63) is 75.9 Å². The van der Waals surface area contributed by atoms with Gasteiger partial charge in [0, 0.05) is 57.1 Å². The second-order valence-electron chi connectivity index (χ2n) is 7.18. The lowest BCUT2D eigenvalue weighted by Gasteiger charge is -2.34. The predicted molar refractivity (Wildman–Crippen MR) is 108 cm³/mol. The first-order chi connectivity index (χ1) is 13.6. The predicted octanol–water partition coefficient (Wildman–Crippen LogP) is 2.50. The molecular weight excluding hydrogens is 354 g/mol. The Labute approximate surface area is 163 Å². The number of hydrogen-bond donors (Lipinski definition) is 0. The van der Waals surface area contributed by atoms with Crippen LogP contribution >= 0.6 is 0 Å². The van der Waals surface area contributed by atoms with E-state index in [1.165, 1.54) is 6.07 Å². The lowest BCUT2D eigenvalue weighted by Crippen LogP contribution is -2.49. The number of carbonyl (C=O) groups excluding carboxylic acids is 1. The second-order valence-corrected chi connectivity index (χ2v) is 7.18. The van der Waals surface area contributed by atoms with Gasteiger partial charge in [-0.25, -0.2) is 0 Å². The van der Waals surface area contributed by atoms with Crippen LogP contribution in [0.2, 0.25) is 0 Å². The van der Waals surface area contributed by atoms with Crippen LogP contribution in [-0.2, 0) is 6.42 Å². The number of aryl methyl sites for hydroxylation is 1. The van der Waals surface area contributed by atoms with Crippen molar-refractivity contribution in [2.45, 2.75) is 13.3 Å². The zero-order valence-corrected chi connectivity index (χ0v) is 15.9. The van der Waals surface area contributed by atoms with Crippen molar-refractivity contribution >= 4 is 16.9 Å². The highest BCUT2D eigenvalue weighted by Gasteiger charge is 2.24. The summed E-state index contributed by atoms with van der Waals surface area (Å²) in [5.41, 5.74) is 2.34. The molecule has 1 amide bonds. The van der Waals surface area contributed by atoms with Gasteiger partial charge in [0.05, 0.1) is 5.39 Å². The summed E-state index contributed by atoms with van der Waals surface area (Å²) in [5.74, 6) is -0.104. The number of pyridine rings is 1. The average molecular weight is 377 g/mol. The molecule has 28 heavy (non-hydrogen) atoms. The standard InChI is InChI=1S/C22H23N3O3/c1-16-5-6-20-18(14-16)19(26)15-21(28-20)22(27)25-12-10-24(11-13-25)9-7-17-4-2-3-8-23-17/h2-6,8,14-15H,7,9-13H2,1H3. The number of carbonyl (C=O) groups is 1. The molecule has 3 aromatic rings. The first kappa shape index (κ1) is 18.4. The Hall–Kier alpha value is -2.99. The fraction of sp³-hybridized carbons (Fsp3) is 0.318. The number of hydrogen-bond acceptors (Lipinski definition) is 5. The third-order valence-electron chi connectivity index (χ3n) is 5.16. The maximum absolute atomic E-state index is 12.8. The normalized spacial score (nSPS) is 15.1. The van der Waals surface area contributed by atoms with Crippen molar-refractivity contribution in [3.8, 4) is 0 Å². The summed E-state index contributed by atoms with van der Waals surface area (Å²) >= 11 is 0. The van der Waals surface area contributed by atoms with E-state index in [1.54, 1.807) is 17.0 Å². The highest BCUT2D eigenvalue weighted by molar-refractivity contribution is 5.93. The number of amides is 1. The molecule has 6 nitrogen and oxygen atoms in total.